The Morgan fingerprint density at radius 2 is 1.67 bits per heavy atom. The number of sulfonamides is 1. The molecule has 168 valence electrons. The van der Waals surface area contributed by atoms with Crippen LogP contribution in [0.2, 0.25) is 5.02 Å². The molecule has 4 aromatic carbocycles. The molecule has 0 heterocycles. The second-order valence-electron chi connectivity index (χ2n) is 7.31. The number of para-hydroxylation sites is 1. The zero-order valence-electron chi connectivity index (χ0n) is 17.7. The molecule has 4 rings (SSSR count). The molecule has 0 aliphatic rings. The summed E-state index contributed by atoms with van der Waals surface area (Å²) in [5.41, 5.74) is 1.46. The molecule has 1 amide bonds. The molecule has 0 unspecified atom stereocenters. The van der Waals surface area contributed by atoms with Crippen LogP contribution in [0.25, 0.3) is 10.8 Å². The molecule has 0 radical (unpaired) electrons. The van der Waals surface area contributed by atoms with E-state index in [-0.39, 0.29) is 33.7 Å². The van der Waals surface area contributed by atoms with Crippen molar-refractivity contribution in [2.24, 2.45) is 0 Å². The number of methoxy groups -OCH3 is 1. The van der Waals surface area contributed by atoms with E-state index in [1.807, 2.05) is 42.5 Å². The molecule has 0 aromatic heterocycles. The van der Waals surface area contributed by atoms with Gasteiger partial charge in [0.15, 0.2) is 0 Å². The summed E-state index contributed by atoms with van der Waals surface area (Å²) in [7, 11) is -2.66. The van der Waals surface area contributed by atoms with Gasteiger partial charge in [-0.15, -0.1) is 0 Å². The van der Waals surface area contributed by atoms with Crippen molar-refractivity contribution in [2.75, 3.05) is 17.1 Å². The number of carbonyl (C=O) groups excluding carboxylic acids is 1. The number of hydrogen-bond acceptors (Lipinski definition) is 4. The summed E-state index contributed by atoms with van der Waals surface area (Å²) in [5.74, 6) is -0.125. The van der Waals surface area contributed by atoms with E-state index in [4.69, 9.17) is 16.3 Å². The molecule has 0 aliphatic heterocycles. The lowest BCUT2D eigenvalue weighted by Crippen LogP contribution is -2.17. The first-order valence-electron chi connectivity index (χ1n) is 10.1. The first kappa shape index (κ1) is 22.6. The molecule has 0 fully saturated rings. The maximum absolute atomic E-state index is 13.0. The fourth-order valence-corrected chi connectivity index (χ4v) is 5.05. The second kappa shape index (κ2) is 9.52. The van der Waals surface area contributed by atoms with Crippen molar-refractivity contribution in [3.8, 4) is 5.75 Å². The molecule has 8 heteroatoms. The number of ether oxygens (including phenoxy) is 1. The van der Waals surface area contributed by atoms with Crippen molar-refractivity contribution < 1.29 is 17.9 Å². The summed E-state index contributed by atoms with van der Waals surface area (Å²) in [6.45, 7) is 0. The Labute approximate surface area is 197 Å². The normalized spacial score (nSPS) is 11.2. The van der Waals surface area contributed by atoms with Gasteiger partial charge in [0.1, 0.15) is 10.6 Å². The molecule has 0 spiro atoms. The fourth-order valence-electron chi connectivity index (χ4n) is 3.53. The van der Waals surface area contributed by atoms with Gasteiger partial charge in [-0.2, -0.15) is 0 Å². The highest BCUT2D eigenvalue weighted by Crippen LogP contribution is 2.31. The van der Waals surface area contributed by atoms with Crippen molar-refractivity contribution in [3.63, 3.8) is 0 Å². The summed E-state index contributed by atoms with van der Waals surface area (Å²) in [6.07, 6.45) is 0.146. The number of halogens is 1. The van der Waals surface area contributed by atoms with Crippen LogP contribution in [0.5, 0.6) is 5.75 Å². The highest BCUT2D eigenvalue weighted by atomic mass is 35.5. The van der Waals surface area contributed by atoms with Crippen LogP contribution >= 0.6 is 11.6 Å². The average Bonchev–Trinajstić information content (AvgIpc) is 2.80. The van der Waals surface area contributed by atoms with Crippen molar-refractivity contribution in [1.82, 2.24) is 0 Å². The van der Waals surface area contributed by atoms with Gasteiger partial charge >= 0.3 is 0 Å². The van der Waals surface area contributed by atoms with Gasteiger partial charge in [-0.05, 0) is 46.7 Å². The van der Waals surface area contributed by atoms with Crippen LogP contribution in [-0.2, 0) is 21.2 Å². The van der Waals surface area contributed by atoms with Crippen LogP contribution in [-0.4, -0.2) is 21.4 Å². The Hall–Kier alpha value is -3.55. The van der Waals surface area contributed by atoms with Crippen LogP contribution in [0.4, 0.5) is 11.4 Å². The van der Waals surface area contributed by atoms with Crippen molar-refractivity contribution in [3.05, 3.63) is 95.5 Å². The van der Waals surface area contributed by atoms with Crippen molar-refractivity contribution in [2.45, 2.75) is 11.3 Å². The number of amides is 1. The number of rotatable bonds is 7. The maximum Gasteiger partial charge on any atom is 0.265 e. The van der Waals surface area contributed by atoms with Gasteiger partial charge in [-0.3, -0.25) is 9.52 Å². The van der Waals surface area contributed by atoms with E-state index in [0.717, 1.165) is 16.3 Å². The van der Waals surface area contributed by atoms with Crippen molar-refractivity contribution >= 4 is 49.7 Å². The number of nitrogens with one attached hydrogen (secondary N) is 2. The van der Waals surface area contributed by atoms with Gasteiger partial charge in [0.25, 0.3) is 10.0 Å². The van der Waals surface area contributed by atoms with E-state index in [0.29, 0.717) is 5.69 Å². The van der Waals surface area contributed by atoms with E-state index < -0.39 is 10.0 Å². The number of carbonyl (C=O) groups is 1. The summed E-state index contributed by atoms with van der Waals surface area (Å²) in [4.78, 5) is 12.6. The molecule has 0 saturated carbocycles. The van der Waals surface area contributed by atoms with E-state index in [1.54, 1.807) is 30.3 Å². The largest absolute Gasteiger partial charge is 0.495 e. The van der Waals surface area contributed by atoms with E-state index in [1.165, 1.54) is 19.2 Å². The molecule has 0 aliphatic carbocycles. The van der Waals surface area contributed by atoms with Crippen LogP contribution in [0, 0.1) is 0 Å². The van der Waals surface area contributed by atoms with Gasteiger partial charge in [0.05, 0.1) is 24.2 Å². The van der Waals surface area contributed by atoms with Crippen LogP contribution < -0.4 is 14.8 Å². The Balaban J connectivity index is 1.58. The molecule has 0 saturated heterocycles. The smallest absolute Gasteiger partial charge is 0.265 e. The number of hydrogen-bond donors (Lipinski definition) is 2. The molecule has 6 nitrogen and oxygen atoms in total. The SMILES string of the molecule is COc1ccc(NC(=O)Cc2cccc3ccccc23)cc1S(=O)(=O)Nc1ccccc1Cl. The third kappa shape index (κ3) is 5.10. The molecule has 4 aromatic rings. The Bertz CT molecular complexity index is 1430. The third-order valence-corrected chi connectivity index (χ3v) is 6.80. The first-order valence-corrected chi connectivity index (χ1v) is 12.0. The predicted molar refractivity (Wildman–Crippen MR) is 132 cm³/mol. The third-order valence-electron chi connectivity index (χ3n) is 5.09. The van der Waals surface area contributed by atoms with E-state index in [2.05, 4.69) is 10.0 Å². The topological polar surface area (TPSA) is 84.5 Å². The number of fused-ring (bicyclic) bond motifs is 1. The molecule has 2 N–H and O–H groups in total. The minimum Gasteiger partial charge on any atom is -0.495 e. The summed E-state index contributed by atoms with van der Waals surface area (Å²) < 4.78 is 33.8. The Kier molecular flexibility index (Phi) is 6.53. The van der Waals surface area contributed by atoms with E-state index in [9.17, 15) is 13.2 Å². The second-order valence-corrected chi connectivity index (χ2v) is 9.37. The highest BCUT2D eigenvalue weighted by Gasteiger charge is 2.22. The molecule has 0 bridgehead atoms. The zero-order valence-corrected chi connectivity index (χ0v) is 19.3. The summed E-state index contributed by atoms with van der Waals surface area (Å²) in [6, 6.07) is 24.6. The summed E-state index contributed by atoms with van der Waals surface area (Å²) in [5, 5.41) is 5.09. The molecule has 33 heavy (non-hydrogen) atoms. The van der Waals surface area contributed by atoms with Crippen molar-refractivity contribution in [1.29, 1.82) is 0 Å². The average molecular weight is 481 g/mol. The maximum atomic E-state index is 13.0. The lowest BCUT2D eigenvalue weighted by molar-refractivity contribution is -0.115. The van der Waals surface area contributed by atoms with Gasteiger partial charge < -0.3 is 10.1 Å². The molecule has 0 atom stereocenters. The number of benzene rings is 4. The predicted octanol–water partition coefficient (Wildman–Crippen LogP) is 5.48. The first-order chi connectivity index (χ1) is 15.9. The van der Waals surface area contributed by atoms with Gasteiger partial charge in [-0.25, -0.2) is 8.42 Å². The van der Waals surface area contributed by atoms with Crippen LogP contribution in [0.15, 0.2) is 89.8 Å². The lowest BCUT2D eigenvalue weighted by atomic mass is 10.0. The Morgan fingerprint density at radius 1 is 0.939 bits per heavy atom. The van der Waals surface area contributed by atoms with E-state index >= 15 is 0 Å². The Morgan fingerprint density at radius 3 is 2.45 bits per heavy atom. The van der Waals surface area contributed by atoms with Gasteiger partial charge in [0.2, 0.25) is 5.91 Å². The van der Waals surface area contributed by atoms with Crippen LogP contribution in [0.1, 0.15) is 5.56 Å². The highest BCUT2D eigenvalue weighted by molar-refractivity contribution is 7.92. The van der Waals surface area contributed by atoms with Gasteiger partial charge in [0, 0.05) is 5.69 Å². The lowest BCUT2D eigenvalue weighted by Gasteiger charge is -2.14. The fraction of sp³-hybridized carbons (Fsp3) is 0.0800. The van der Waals surface area contributed by atoms with Gasteiger partial charge in [-0.1, -0.05) is 66.2 Å². The zero-order chi connectivity index (χ0) is 23.4. The standard InChI is InChI=1S/C25H21ClN2O4S/c1-32-23-14-13-19(16-24(23)33(30,31)28-22-12-5-4-11-21(22)26)27-25(29)15-18-9-6-8-17-7-2-3-10-20(17)18/h2-14,16,28H,15H2,1H3,(H,27,29). The molecular formula is C25H21ClN2O4S. The molecular weight excluding hydrogens is 460 g/mol. The quantitative estimate of drug-likeness (QED) is 0.366. The van der Waals surface area contributed by atoms with Crippen LogP contribution in [0.3, 0.4) is 0 Å². The number of anilines is 2. The monoisotopic (exact) mass is 480 g/mol. The minimum atomic E-state index is -4.04. The summed E-state index contributed by atoms with van der Waals surface area (Å²) >= 11 is 6.09. The minimum absolute atomic E-state index is 0.118.